The molecule has 1 aromatic heterocycles. The zero-order valence-corrected chi connectivity index (χ0v) is 9.19. The summed E-state index contributed by atoms with van der Waals surface area (Å²) >= 11 is 2.76. The fourth-order valence-corrected chi connectivity index (χ4v) is 1.50. The van der Waals surface area contributed by atoms with Crippen molar-refractivity contribution in [3.05, 3.63) is 28.5 Å². The molecule has 1 rings (SSSR count). The van der Waals surface area contributed by atoms with Crippen LogP contribution in [0.3, 0.4) is 0 Å². The first-order chi connectivity index (χ1) is 7.18. The average Bonchev–Trinajstić information content (AvgIpc) is 2.15. The lowest BCUT2D eigenvalue weighted by molar-refractivity contribution is -0.291. The second-order valence-electron chi connectivity index (χ2n) is 2.98. The second-order valence-corrected chi connectivity index (χ2v) is 3.73. The van der Waals surface area contributed by atoms with Gasteiger partial charge in [0.15, 0.2) is 0 Å². The lowest BCUT2D eigenvalue weighted by Crippen LogP contribution is -2.46. The Kier molecular flexibility index (Phi) is 3.53. The molecule has 0 aliphatic carbocycles. The van der Waals surface area contributed by atoms with Gasteiger partial charge in [-0.2, -0.15) is 22.0 Å². The van der Waals surface area contributed by atoms with Crippen LogP contribution in [-0.4, -0.2) is 17.1 Å². The van der Waals surface area contributed by atoms with Crippen molar-refractivity contribution in [1.29, 1.82) is 0 Å². The van der Waals surface area contributed by atoms with Crippen molar-refractivity contribution in [2.75, 3.05) is 0 Å². The number of hydrogen-bond acceptors (Lipinski definition) is 2. The number of hydrogen-bond donors (Lipinski definition) is 1. The van der Waals surface area contributed by atoms with Crippen LogP contribution in [0.25, 0.3) is 0 Å². The minimum atomic E-state index is -5.69. The highest BCUT2D eigenvalue weighted by atomic mass is 79.9. The molecule has 2 nitrogen and oxygen atoms in total. The van der Waals surface area contributed by atoms with E-state index in [0.717, 1.165) is 6.07 Å². The summed E-state index contributed by atoms with van der Waals surface area (Å²) in [6.07, 6.45) is -4.45. The van der Waals surface area contributed by atoms with Gasteiger partial charge in [0.2, 0.25) is 0 Å². The van der Waals surface area contributed by atoms with Gasteiger partial charge in [-0.15, -0.1) is 0 Å². The molecule has 0 saturated carbocycles. The normalized spacial score (nSPS) is 14.9. The van der Waals surface area contributed by atoms with Crippen LogP contribution in [0, 0.1) is 0 Å². The van der Waals surface area contributed by atoms with Gasteiger partial charge in [0.05, 0.1) is 0 Å². The number of halogens is 6. The Balaban J connectivity index is 3.12. The van der Waals surface area contributed by atoms with Crippen molar-refractivity contribution >= 4 is 15.9 Å². The van der Waals surface area contributed by atoms with Crippen molar-refractivity contribution in [3.8, 4) is 0 Å². The zero-order valence-electron chi connectivity index (χ0n) is 7.60. The van der Waals surface area contributed by atoms with Crippen molar-refractivity contribution < 1.29 is 22.0 Å². The number of alkyl halides is 5. The molecule has 0 unspecified atom stereocenters. The summed E-state index contributed by atoms with van der Waals surface area (Å²) in [5, 5.41) is 0. The Labute approximate surface area is 95.8 Å². The fourth-order valence-electron chi connectivity index (χ4n) is 1.00. The van der Waals surface area contributed by atoms with Gasteiger partial charge in [0.25, 0.3) is 0 Å². The van der Waals surface area contributed by atoms with Crippen LogP contribution in [0.15, 0.2) is 22.9 Å². The third-order valence-corrected chi connectivity index (χ3v) is 2.55. The molecule has 90 valence electrons. The zero-order chi connectivity index (χ0) is 12.6. The van der Waals surface area contributed by atoms with E-state index < -0.39 is 23.7 Å². The number of nitrogens with zero attached hydrogens (tertiary/aromatic N) is 1. The first-order valence-corrected chi connectivity index (χ1v) is 4.77. The predicted molar refractivity (Wildman–Crippen MR) is 49.9 cm³/mol. The Bertz CT molecular complexity index is 379. The molecular weight excluding hydrogens is 299 g/mol. The Hall–Kier alpha value is -0.760. The van der Waals surface area contributed by atoms with Gasteiger partial charge >= 0.3 is 12.1 Å². The maximum atomic E-state index is 12.9. The molecule has 0 saturated heterocycles. The van der Waals surface area contributed by atoms with E-state index in [4.69, 9.17) is 5.73 Å². The SMILES string of the molecule is N[C@@H](c1cccnc1Br)C(F)(F)C(F)(F)F. The maximum absolute atomic E-state index is 12.9. The molecule has 16 heavy (non-hydrogen) atoms. The fraction of sp³-hybridized carbons (Fsp3) is 0.375. The summed E-state index contributed by atoms with van der Waals surface area (Å²) < 4.78 is 61.8. The quantitative estimate of drug-likeness (QED) is 0.674. The monoisotopic (exact) mass is 304 g/mol. The summed E-state index contributed by atoms with van der Waals surface area (Å²) in [6.45, 7) is 0. The number of nitrogens with two attached hydrogens (primary N) is 1. The Morgan fingerprint density at radius 1 is 1.25 bits per heavy atom. The Morgan fingerprint density at radius 2 is 1.81 bits per heavy atom. The molecule has 1 aromatic rings. The van der Waals surface area contributed by atoms with Crippen molar-refractivity contribution in [2.24, 2.45) is 5.73 Å². The molecule has 1 heterocycles. The molecule has 0 aliphatic rings. The molecule has 0 aromatic carbocycles. The highest BCUT2D eigenvalue weighted by Gasteiger charge is 2.62. The first-order valence-electron chi connectivity index (χ1n) is 3.98. The van der Waals surface area contributed by atoms with Gasteiger partial charge in [0.1, 0.15) is 10.6 Å². The van der Waals surface area contributed by atoms with E-state index in [0.29, 0.717) is 0 Å². The second kappa shape index (κ2) is 4.25. The molecule has 0 bridgehead atoms. The molecule has 0 aliphatic heterocycles. The van der Waals surface area contributed by atoms with Crippen LogP contribution in [-0.2, 0) is 0 Å². The summed E-state index contributed by atoms with van der Waals surface area (Å²) in [5.41, 5.74) is 4.52. The predicted octanol–water partition coefficient (Wildman–Crippen LogP) is 3.04. The summed E-state index contributed by atoms with van der Waals surface area (Å²) in [4.78, 5) is 3.53. The van der Waals surface area contributed by atoms with Gasteiger partial charge in [0, 0.05) is 11.8 Å². The van der Waals surface area contributed by atoms with Gasteiger partial charge in [-0.25, -0.2) is 4.98 Å². The van der Waals surface area contributed by atoms with E-state index in [9.17, 15) is 22.0 Å². The van der Waals surface area contributed by atoms with Crippen molar-refractivity contribution in [2.45, 2.75) is 18.1 Å². The maximum Gasteiger partial charge on any atom is 0.455 e. The molecule has 8 heteroatoms. The Morgan fingerprint density at radius 3 is 2.25 bits per heavy atom. The van der Waals surface area contributed by atoms with Crippen molar-refractivity contribution in [1.82, 2.24) is 4.98 Å². The lowest BCUT2D eigenvalue weighted by Gasteiger charge is -2.26. The van der Waals surface area contributed by atoms with Crippen molar-refractivity contribution in [3.63, 3.8) is 0 Å². The van der Waals surface area contributed by atoms with Crippen LogP contribution >= 0.6 is 15.9 Å². The van der Waals surface area contributed by atoms with E-state index in [1.807, 2.05) is 0 Å². The number of pyridine rings is 1. The largest absolute Gasteiger partial charge is 0.455 e. The smallest absolute Gasteiger partial charge is 0.319 e. The van der Waals surface area contributed by atoms with Gasteiger partial charge in [-0.05, 0) is 22.0 Å². The van der Waals surface area contributed by atoms with Crippen LogP contribution in [0.2, 0.25) is 0 Å². The van der Waals surface area contributed by atoms with E-state index in [1.54, 1.807) is 0 Å². The third-order valence-electron chi connectivity index (χ3n) is 1.89. The topological polar surface area (TPSA) is 38.9 Å². The third kappa shape index (κ3) is 2.32. The summed E-state index contributed by atoms with van der Waals surface area (Å²) in [6, 6.07) is -0.205. The molecule has 0 fully saturated rings. The molecule has 0 amide bonds. The summed E-state index contributed by atoms with van der Waals surface area (Å²) in [7, 11) is 0. The standard InChI is InChI=1S/C8H6BrF5N2/c9-6-4(2-1-3-16-6)5(15)7(10,11)8(12,13)14/h1-3,5H,15H2/t5-/m0/s1. The van der Waals surface area contributed by atoms with Gasteiger partial charge in [-0.3, -0.25) is 0 Å². The molecular formula is C8H6BrF5N2. The molecule has 0 radical (unpaired) electrons. The highest BCUT2D eigenvalue weighted by Crippen LogP contribution is 2.44. The van der Waals surface area contributed by atoms with Gasteiger partial charge < -0.3 is 5.73 Å². The van der Waals surface area contributed by atoms with E-state index in [2.05, 4.69) is 20.9 Å². The van der Waals surface area contributed by atoms with Crippen LogP contribution < -0.4 is 5.73 Å². The van der Waals surface area contributed by atoms with Crippen LogP contribution in [0.5, 0.6) is 0 Å². The first kappa shape index (κ1) is 13.3. The lowest BCUT2D eigenvalue weighted by atomic mass is 10.0. The van der Waals surface area contributed by atoms with E-state index in [1.165, 1.54) is 12.3 Å². The van der Waals surface area contributed by atoms with E-state index in [-0.39, 0.29) is 4.60 Å². The van der Waals surface area contributed by atoms with Crippen LogP contribution in [0.4, 0.5) is 22.0 Å². The van der Waals surface area contributed by atoms with Crippen LogP contribution in [0.1, 0.15) is 11.6 Å². The highest BCUT2D eigenvalue weighted by molar-refractivity contribution is 9.10. The minimum absolute atomic E-state index is 0.133. The van der Waals surface area contributed by atoms with Gasteiger partial charge in [-0.1, -0.05) is 6.07 Å². The van der Waals surface area contributed by atoms with E-state index >= 15 is 0 Å². The number of rotatable bonds is 2. The molecule has 2 N–H and O–H groups in total. The minimum Gasteiger partial charge on any atom is -0.319 e. The summed E-state index contributed by atoms with van der Waals surface area (Å²) in [5.74, 6) is -5.00. The number of aromatic nitrogens is 1. The molecule has 0 spiro atoms. The average molecular weight is 305 g/mol. The molecule has 1 atom stereocenters.